The van der Waals surface area contributed by atoms with Crippen molar-refractivity contribution in [2.24, 2.45) is 0 Å². The number of unbranched alkanes of at least 4 members (excludes halogenated alkanes) is 45. The third-order valence-electron chi connectivity index (χ3n) is 15.3. The predicted octanol–water partition coefficient (Wildman–Crippen LogP) is 21.3. The van der Waals surface area contributed by atoms with Gasteiger partial charge in [0.25, 0.3) is 0 Å². The largest absolute Gasteiger partial charge is 0.466 e. The number of ether oxygens (including phenoxy) is 1. The molecule has 0 bridgehead atoms. The normalized spacial score (nSPS) is 12.9. The predicted molar refractivity (Wildman–Crippen MR) is 329 cm³/mol. The average Bonchev–Trinajstić information content (AvgIpc) is 3.41. The van der Waals surface area contributed by atoms with Gasteiger partial charge in [0.15, 0.2) is 0 Å². The highest BCUT2D eigenvalue weighted by Gasteiger charge is 2.18. The molecular formula is C69H129NO5. The molecule has 0 aliphatic heterocycles. The standard InChI is InChI=1S/C69H129NO5/c1-3-5-7-9-11-13-15-16-17-18-30-34-37-40-43-47-51-55-59-63-69(74)75-64-60-56-52-48-44-41-38-35-32-29-27-25-23-21-19-20-22-24-26-28-31-33-36-39-42-46-50-54-58-62-68(73)70-66(65-71)67(72)61-57-53-49-45-14-12-10-8-6-4-2/h11,13,16-17,19,21,57,61,66-67,71-72H,3-10,12,14-15,18,20,22-56,58-60,62-65H2,1-2H3,(H,70,73)/b13-11-,17-16-,21-19-,61-57+. The maximum absolute atomic E-state index is 12.4. The minimum Gasteiger partial charge on any atom is -0.466 e. The molecule has 0 fully saturated rings. The van der Waals surface area contributed by atoms with Crippen LogP contribution in [0.4, 0.5) is 0 Å². The van der Waals surface area contributed by atoms with E-state index in [1.54, 1.807) is 6.08 Å². The molecule has 0 aromatic carbocycles. The molecule has 440 valence electrons. The molecule has 6 nitrogen and oxygen atoms in total. The Labute approximate surface area is 467 Å². The van der Waals surface area contributed by atoms with Crippen LogP contribution in [0.15, 0.2) is 48.6 Å². The van der Waals surface area contributed by atoms with Crippen molar-refractivity contribution in [3.8, 4) is 0 Å². The van der Waals surface area contributed by atoms with Crippen LogP contribution in [-0.4, -0.2) is 47.4 Å². The first kappa shape index (κ1) is 72.8. The van der Waals surface area contributed by atoms with Crippen molar-refractivity contribution in [1.82, 2.24) is 5.32 Å². The van der Waals surface area contributed by atoms with Crippen molar-refractivity contribution in [1.29, 1.82) is 0 Å². The van der Waals surface area contributed by atoms with E-state index in [0.29, 0.717) is 19.4 Å². The molecule has 6 heteroatoms. The number of aliphatic hydroxyl groups is 2. The number of carbonyl (C=O) groups is 2. The van der Waals surface area contributed by atoms with Crippen LogP contribution in [0, 0.1) is 0 Å². The summed E-state index contributed by atoms with van der Waals surface area (Å²) in [5.74, 6) is -0.0564. The number of aliphatic hydroxyl groups excluding tert-OH is 2. The number of rotatable bonds is 62. The van der Waals surface area contributed by atoms with E-state index in [1.807, 2.05) is 6.08 Å². The molecule has 2 unspecified atom stereocenters. The van der Waals surface area contributed by atoms with Crippen molar-refractivity contribution < 1.29 is 24.5 Å². The minimum absolute atomic E-state index is 0.0122. The van der Waals surface area contributed by atoms with Gasteiger partial charge in [-0.1, -0.05) is 300 Å². The van der Waals surface area contributed by atoms with Gasteiger partial charge in [-0.15, -0.1) is 0 Å². The summed E-state index contributed by atoms with van der Waals surface area (Å²) in [4.78, 5) is 24.5. The molecule has 0 aliphatic rings. The van der Waals surface area contributed by atoms with E-state index < -0.39 is 12.1 Å². The number of hydrogen-bond donors (Lipinski definition) is 3. The van der Waals surface area contributed by atoms with Crippen molar-refractivity contribution >= 4 is 11.9 Å². The van der Waals surface area contributed by atoms with Crippen LogP contribution >= 0.6 is 0 Å². The van der Waals surface area contributed by atoms with E-state index in [-0.39, 0.29) is 18.5 Å². The fraction of sp³-hybridized carbons (Fsp3) is 0.855. The lowest BCUT2D eigenvalue weighted by Gasteiger charge is -2.20. The van der Waals surface area contributed by atoms with Gasteiger partial charge in [-0.05, 0) is 89.9 Å². The Morgan fingerprint density at radius 3 is 1.05 bits per heavy atom. The molecule has 0 aromatic heterocycles. The lowest BCUT2D eigenvalue weighted by atomic mass is 10.0. The van der Waals surface area contributed by atoms with Gasteiger partial charge in [0, 0.05) is 12.8 Å². The number of amides is 1. The van der Waals surface area contributed by atoms with Gasteiger partial charge >= 0.3 is 5.97 Å². The average molecular weight is 1050 g/mol. The van der Waals surface area contributed by atoms with Gasteiger partial charge in [0.1, 0.15) is 0 Å². The number of carbonyl (C=O) groups excluding carboxylic acids is 2. The first-order chi connectivity index (χ1) is 37.0. The smallest absolute Gasteiger partial charge is 0.305 e. The van der Waals surface area contributed by atoms with E-state index in [2.05, 4.69) is 55.6 Å². The zero-order chi connectivity index (χ0) is 54.3. The number of allylic oxidation sites excluding steroid dienone is 7. The van der Waals surface area contributed by atoms with E-state index in [0.717, 1.165) is 51.4 Å². The first-order valence-electron chi connectivity index (χ1n) is 33.4. The summed E-state index contributed by atoms with van der Waals surface area (Å²) < 4.78 is 5.50. The lowest BCUT2D eigenvalue weighted by molar-refractivity contribution is -0.143. The fourth-order valence-corrected chi connectivity index (χ4v) is 10.2. The Morgan fingerprint density at radius 2 is 0.667 bits per heavy atom. The van der Waals surface area contributed by atoms with Crippen LogP contribution in [0.3, 0.4) is 0 Å². The molecule has 0 aliphatic carbocycles. The second-order valence-corrected chi connectivity index (χ2v) is 22.8. The third kappa shape index (κ3) is 60.9. The molecule has 3 N–H and O–H groups in total. The van der Waals surface area contributed by atoms with Crippen LogP contribution in [0.25, 0.3) is 0 Å². The van der Waals surface area contributed by atoms with Crippen LogP contribution in [-0.2, 0) is 14.3 Å². The molecule has 2 atom stereocenters. The summed E-state index contributed by atoms with van der Waals surface area (Å²) in [7, 11) is 0. The molecule has 0 rings (SSSR count). The van der Waals surface area contributed by atoms with Crippen LogP contribution < -0.4 is 5.32 Å². The molecule has 0 saturated carbocycles. The summed E-state index contributed by atoms with van der Waals surface area (Å²) in [6.45, 7) is 4.87. The van der Waals surface area contributed by atoms with Crippen LogP contribution in [0.1, 0.15) is 354 Å². The van der Waals surface area contributed by atoms with E-state index >= 15 is 0 Å². The SMILES string of the molecule is CCCCC/C=C\C/C=C\CCCCCCCCCCCC(=O)OCCCCCCCCCCCCCC/C=C\CCCCCCCCCCCCCCCC(=O)NC(CO)C(O)/C=C/CCCCCCCCCC. The molecule has 0 aromatic rings. The van der Waals surface area contributed by atoms with Crippen LogP contribution in [0.2, 0.25) is 0 Å². The van der Waals surface area contributed by atoms with Gasteiger partial charge in [-0.25, -0.2) is 0 Å². The van der Waals surface area contributed by atoms with Gasteiger partial charge in [-0.2, -0.15) is 0 Å². The van der Waals surface area contributed by atoms with Crippen molar-refractivity contribution in [2.45, 2.75) is 366 Å². The third-order valence-corrected chi connectivity index (χ3v) is 15.3. The maximum Gasteiger partial charge on any atom is 0.305 e. The highest BCUT2D eigenvalue weighted by molar-refractivity contribution is 5.76. The zero-order valence-corrected chi connectivity index (χ0v) is 50.3. The van der Waals surface area contributed by atoms with Gasteiger partial charge < -0.3 is 20.3 Å². The summed E-state index contributed by atoms with van der Waals surface area (Å²) >= 11 is 0. The van der Waals surface area contributed by atoms with Gasteiger partial charge in [0.2, 0.25) is 5.91 Å². The Hall–Kier alpha value is -2.18. The Morgan fingerprint density at radius 1 is 0.373 bits per heavy atom. The van der Waals surface area contributed by atoms with Crippen molar-refractivity contribution in [3.63, 3.8) is 0 Å². The molecule has 1 amide bonds. The Bertz CT molecular complexity index is 1260. The fourth-order valence-electron chi connectivity index (χ4n) is 10.2. The number of esters is 1. The second kappa shape index (κ2) is 64.3. The summed E-state index contributed by atoms with van der Waals surface area (Å²) in [5, 5.41) is 23.0. The van der Waals surface area contributed by atoms with E-state index in [1.165, 1.54) is 276 Å². The molecule has 0 spiro atoms. The summed E-state index contributed by atoms with van der Waals surface area (Å²) in [5.41, 5.74) is 0. The Balaban J connectivity index is 3.35. The molecule has 0 radical (unpaired) electrons. The number of hydrogen-bond acceptors (Lipinski definition) is 5. The quantitative estimate of drug-likeness (QED) is 0.0320. The zero-order valence-electron chi connectivity index (χ0n) is 50.3. The highest BCUT2D eigenvalue weighted by atomic mass is 16.5. The van der Waals surface area contributed by atoms with Crippen molar-refractivity contribution in [3.05, 3.63) is 48.6 Å². The second-order valence-electron chi connectivity index (χ2n) is 22.8. The van der Waals surface area contributed by atoms with Gasteiger partial charge in [-0.3, -0.25) is 9.59 Å². The number of nitrogens with one attached hydrogen (secondary N) is 1. The lowest BCUT2D eigenvalue weighted by Crippen LogP contribution is -2.45. The van der Waals surface area contributed by atoms with E-state index in [9.17, 15) is 19.8 Å². The van der Waals surface area contributed by atoms with Gasteiger partial charge in [0.05, 0.1) is 25.4 Å². The topological polar surface area (TPSA) is 95.9 Å². The highest BCUT2D eigenvalue weighted by Crippen LogP contribution is 2.17. The van der Waals surface area contributed by atoms with Crippen LogP contribution in [0.5, 0.6) is 0 Å². The first-order valence-corrected chi connectivity index (χ1v) is 33.4. The molecular weight excluding hydrogens is 923 g/mol. The molecule has 0 saturated heterocycles. The summed E-state index contributed by atoms with van der Waals surface area (Å²) in [6.07, 6.45) is 83.3. The van der Waals surface area contributed by atoms with Crippen molar-refractivity contribution in [2.75, 3.05) is 13.2 Å². The Kier molecular flexibility index (Phi) is 62.5. The summed E-state index contributed by atoms with van der Waals surface area (Å²) in [6, 6.07) is -0.626. The molecule has 75 heavy (non-hydrogen) atoms. The minimum atomic E-state index is -0.842. The van der Waals surface area contributed by atoms with E-state index in [4.69, 9.17) is 4.74 Å². The molecule has 0 heterocycles. The maximum atomic E-state index is 12.4. The monoisotopic (exact) mass is 1050 g/mol.